The summed E-state index contributed by atoms with van der Waals surface area (Å²) in [4.78, 5) is 0. The molecule has 108 valence electrons. The smallest absolute Gasteiger partial charge is 0.144 e. The van der Waals surface area contributed by atoms with Crippen LogP contribution in [0.4, 0.5) is 11.4 Å². The standard InChI is InChI=1S/C15H26N2O2/c1-10(2)14(7-8-18)17-12-5-6-13(16)15(9-12)19-11(3)4/h5-6,9-11,14,17-18H,7-8,16H2,1-4H3. The number of aliphatic hydroxyl groups excluding tert-OH is 1. The Morgan fingerprint density at radius 2 is 1.95 bits per heavy atom. The molecule has 0 aliphatic heterocycles. The van der Waals surface area contributed by atoms with Gasteiger partial charge in [0.2, 0.25) is 0 Å². The lowest BCUT2D eigenvalue weighted by Gasteiger charge is -2.23. The van der Waals surface area contributed by atoms with E-state index in [4.69, 9.17) is 15.6 Å². The second-order valence-electron chi connectivity index (χ2n) is 5.43. The maximum Gasteiger partial charge on any atom is 0.144 e. The molecule has 0 radical (unpaired) electrons. The Labute approximate surface area is 116 Å². The summed E-state index contributed by atoms with van der Waals surface area (Å²) in [5.41, 5.74) is 7.50. The predicted molar refractivity (Wildman–Crippen MR) is 80.6 cm³/mol. The molecule has 1 rings (SSSR count). The average Bonchev–Trinajstić information content (AvgIpc) is 2.32. The second-order valence-corrected chi connectivity index (χ2v) is 5.43. The van der Waals surface area contributed by atoms with E-state index in [1.807, 2.05) is 32.0 Å². The molecule has 0 aromatic heterocycles. The van der Waals surface area contributed by atoms with E-state index in [1.54, 1.807) is 0 Å². The molecule has 0 saturated carbocycles. The third kappa shape index (κ3) is 4.99. The molecule has 0 heterocycles. The van der Waals surface area contributed by atoms with Crippen LogP contribution in [0.1, 0.15) is 34.1 Å². The highest BCUT2D eigenvalue weighted by Crippen LogP contribution is 2.27. The van der Waals surface area contributed by atoms with E-state index in [9.17, 15) is 0 Å². The molecule has 1 unspecified atom stereocenters. The van der Waals surface area contributed by atoms with Gasteiger partial charge in [-0.3, -0.25) is 0 Å². The average molecular weight is 266 g/mol. The number of benzene rings is 1. The van der Waals surface area contributed by atoms with Gasteiger partial charge in [0.05, 0.1) is 11.8 Å². The van der Waals surface area contributed by atoms with Crippen LogP contribution in [0.2, 0.25) is 0 Å². The quantitative estimate of drug-likeness (QED) is 0.664. The molecule has 0 spiro atoms. The third-order valence-electron chi connectivity index (χ3n) is 2.97. The van der Waals surface area contributed by atoms with Crippen LogP contribution in [-0.4, -0.2) is 23.9 Å². The number of rotatable bonds is 7. The summed E-state index contributed by atoms with van der Waals surface area (Å²) in [5.74, 6) is 1.14. The summed E-state index contributed by atoms with van der Waals surface area (Å²) >= 11 is 0. The number of ether oxygens (including phenoxy) is 1. The molecule has 4 nitrogen and oxygen atoms in total. The Morgan fingerprint density at radius 3 is 2.47 bits per heavy atom. The van der Waals surface area contributed by atoms with Gasteiger partial charge in [0, 0.05) is 24.4 Å². The van der Waals surface area contributed by atoms with Crippen molar-refractivity contribution in [2.45, 2.75) is 46.3 Å². The minimum atomic E-state index is 0.0934. The van der Waals surface area contributed by atoms with Gasteiger partial charge in [-0.1, -0.05) is 13.8 Å². The van der Waals surface area contributed by atoms with Crippen molar-refractivity contribution >= 4 is 11.4 Å². The molecule has 19 heavy (non-hydrogen) atoms. The molecule has 0 aliphatic rings. The van der Waals surface area contributed by atoms with Crippen LogP contribution in [0.15, 0.2) is 18.2 Å². The number of hydrogen-bond donors (Lipinski definition) is 3. The van der Waals surface area contributed by atoms with E-state index in [1.165, 1.54) is 0 Å². The van der Waals surface area contributed by atoms with E-state index in [0.717, 1.165) is 12.1 Å². The molecular formula is C15H26N2O2. The molecule has 0 saturated heterocycles. The molecule has 0 amide bonds. The van der Waals surface area contributed by atoms with Crippen molar-refractivity contribution in [3.8, 4) is 5.75 Å². The molecule has 4 N–H and O–H groups in total. The number of hydrogen-bond acceptors (Lipinski definition) is 4. The Balaban J connectivity index is 2.83. The van der Waals surface area contributed by atoms with Crippen molar-refractivity contribution in [1.82, 2.24) is 0 Å². The van der Waals surface area contributed by atoms with E-state index in [2.05, 4.69) is 19.2 Å². The third-order valence-corrected chi connectivity index (χ3v) is 2.97. The zero-order valence-electron chi connectivity index (χ0n) is 12.3. The van der Waals surface area contributed by atoms with Gasteiger partial charge < -0.3 is 20.9 Å². The zero-order chi connectivity index (χ0) is 14.4. The Hall–Kier alpha value is -1.42. The highest BCUT2D eigenvalue weighted by molar-refractivity contribution is 5.61. The van der Waals surface area contributed by atoms with Crippen molar-refractivity contribution in [1.29, 1.82) is 0 Å². The minimum Gasteiger partial charge on any atom is -0.489 e. The van der Waals surface area contributed by atoms with Gasteiger partial charge in [0.1, 0.15) is 5.75 Å². The van der Waals surface area contributed by atoms with E-state index >= 15 is 0 Å². The Morgan fingerprint density at radius 1 is 1.26 bits per heavy atom. The fraction of sp³-hybridized carbons (Fsp3) is 0.600. The lowest BCUT2D eigenvalue weighted by Crippen LogP contribution is -2.26. The number of anilines is 2. The van der Waals surface area contributed by atoms with E-state index in [-0.39, 0.29) is 18.8 Å². The summed E-state index contributed by atoms with van der Waals surface area (Å²) in [7, 11) is 0. The maximum absolute atomic E-state index is 9.10. The SMILES string of the molecule is CC(C)Oc1cc(NC(CCO)C(C)C)ccc1N. The van der Waals surface area contributed by atoms with Gasteiger partial charge in [0.15, 0.2) is 0 Å². The topological polar surface area (TPSA) is 67.5 Å². The molecule has 1 aromatic rings. The van der Waals surface area contributed by atoms with Crippen LogP contribution in [-0.2, 0) is 0 Å². The van der Waals surface area contributed by atoms with Crippen LogP contribution in [0, 0.1) is 5.92 Å². The maximum atomic E-state index is 9.10. The molecule has 0 bridgehead atoms. The van der Waals surface area contributed by atoms with Crippen molar-refractivity contribution in [3.63, 3.8) is 0 Å². The fourth-order valence-corrected chi connectivity index (χ4v) is 1.91. The van der Waals surface area contributed by atoms with E-state index < -0.39 is 0 Å². The van der Waals surface area contributed by atoms with Crippen LogP contribution in [0.25, 0.3) is 0 Å². The van der Waals surface area contributed by atoms with Crippen molar-refractivity contribution in [3.05, 3.63) is 18.2 Å². The fourth-order valence-electron chi connectivity index (χ4n) is 1.91. The van der Waals surface area contributed by atoms with Crippen LogP contribution >= 0.6 is 0 Å². The molecule has 0 fully saturated rings. The monoisotopic (exact) mass is 266 g/mol. The number of aliphatic hydroxyl groups is 1. The Bertz CT molecular complexity index is 392. The minimum absolute atomic E-state index is 0.0934. The summed E-state index contributed by atoms with van der Waals surface area (Å²) in [5, 5.41) is 12.5. The zero-order valence-corrected chi connectivity index (χ0v) is 12.3. The first-order valence-electron chi connectivity index (χ1n) is 6.87. The molecule has 4 heteroatoms. The summed E-state index contributed by atoms with van der Waals surface area (Å²) in [6, 6.07) is 5.94. The van der Waals surface area contributed by atoms with Crippen LogP contribution in [0.5, 0.6) is 5.75 Å². The summed E-state index contributed by atoms with van der Waals surface area (Å²) in [6.45, 7) is 8.40. The predicted octanol–water partition coefficient (Wildman–Crippen LogP) is 2.87. The summed E-state index contributed by atoms with van der Waals surface area (Å²) < 4.78 is 5.67. The van der Waals surface area contributed by atoms with Gasteiger partial charge in [-0.2, -0.15) is 0 Å². The second kappa shape index (κ2) is 7.24. The van der Waals surface area contributed by atoms with Crippen LogP contribution in [0.3, 0.4) is 0 Å². The first-order valence-corrected chi connectivity index (χ1v) is 6.87. The number of nitrogens with two attached hydrogens (primary N) is 1. The van der Waals surface area contributed by atoms with Gasteiger partial charge in [-0.05, 0) is 38.3 Å². The highest BCUT2D eigenvalue weighted by Gasteiger charge is 2.13. The number of nitrogens with one attached hydrogen (secondary N) is 1. The lowest BCUT2D eigenvalue weighted by molar-refractivity contribution is 0.244. The molecule has 1 atom stereocenters. The molecule has 1 aromatic carbocycles. The van der Waals surface area contributed by atoms with Gasteiger partial charge in [-0.15, -0.1) is 0 Å². The van der Waals surface area contributed by atoms with Gasteiger partial charge >= 0.3 is 0 Å². The number of nitrogen functional groups attached to an aromatic ring is 1. The lowest BCUT2D eigenvalue weighted by atomic mass is 10.0. The molecular weight excluding hydrogens is 240 g/mol. The largest absolute Gasteiger partial charge is 0.489 e. The van der Waals surface area contributed by atoms with Crippen molar-refractivity contribution < 1.29 is 9.84 Å². The molecule has 0 aliphatic carbocycles. The van der Waals surface area contributed by atoms with Crippen molar-refractivity contribution in [2.75, 3.05) is 17.7 Å². The van der Waals surface area contributed by atoms with E-state index in [0.29, 0.717) is 17.4 Å². The first kappa shape index (κ1) is 15.6. The Kier molecular flexibility index (Phi) is 5.96. The highest BCUT2D eigenvalue weighted by atomic mass is 16.5. The van der Waals surface area contributed by atoms with Crippen molar-refractivity contribution in [2.24, 2.45) is 5.92 Å². The van der Waals surface area contributed by atoms with Gasteiger partial charge in [0.25, 0.3) is 0 Å². The van der Waals surface area contributed by atoms with Gasteiger partial charge in [-0.25, -0.2) is 0 Å². The first-order chi connectivity index (χ1) is 8.93. The normalized spacial score (nSPS) is 12.8. The summed E-state index contributed by atoms with van der Waals surface area (Å²) in [6.07, 6.45) is 0.818. The van der Waals surface area contributed by atoms with Crippen LogP contribution < -0.4 is 15.8 Å².